The summed E-state index contributed by atoms with van der Waals surface area (Å²) in [6, 6.07) is 2.49. The molecule has 3 rings (SSSR count). The molecule has 1 atom stereocenters. The molecule has 9 nitrogen and oxygen atoms in total. The second-order valence-corrected chi connectivity index (χ2v) is 7.96. The Labute approximate surface area is 195 Å². The number of hydrogen-bond acceptors (Lipinski definition) is 6. The lowest BCUT2D eigenvalue weighted by Crippen LogP contribution is -2.37. The van der Waals surface area contributed by atoms with Crippen molar-refractivity contribution in [1.82, 2.24) is 20.1 Å². The standard InChI is InChI=1S/C23H28F2N4O5/c1-4-28(2)23(33)19-21(31)20(30)17(18-16(7-9-29(18)19)26-8-10-34-3)22(32)27-12-13-5-6-14(24)11-15(13)25/h5-6,11,16,26,31H,4,7-10,12H2,1-3H3,(H,27,32). The van der Waals surface area contributed by atoms with Crippen LogP contribution in [0.2, 0.25) is 0 Å². The molecule has 1 aromatic heterocycles. The van der Waals surface area contributed by atoms with Crippen molar-refractivity contribution in [3.05, 3.63) is 62.6 Å². The number of amides is 2. The van der Waals surface area contributed by atoms with E-state index >= 15 is 0 Å². The highest BCUT2D eigenvalue weighted by atomic mass is 19.1. The Morgan fingerprint density at radius 2 is 2.06 bits per heavy atom. The molecule has 0 saturated heterocycles. The maximum Gasteiger partial charge on any atom is 0.274 e. The molecule has 0 saturated carbocycles. The average molecular weight is 478 g/mol. The highest BCUT2D eigenvalue weighted by Crippen LogP contribution is 2.32. The Hall–Kier alpha value is -3.31. The molecule has 0 radical (unpaired) electrons. The van der Waals surface area contributed by atoms with Crippen molar-refractivity contribution in [3.63, 3.8) is 0 Å². The molecule has 184 valence electrons. The topological polar surface area (TPSA) is 113 Å². The van der Waals surface area contributed by atoms with Gasteiger partial charge in [-0.1, -0.05) is 6.07 Å². The average Bonchev–Trinajstić information content (AvgIpc) is 3.21. The van der Waals surface area contributed by atoms with Crippen molar-refractivity contribution in [2.45, 2.75) is 32.5 Å². The zero-order chi connectivity index (χ0) is 25.0. The van der Waals surface area contributed by atoms with Gasteiger partial charge in [0.2, 0.25) is 5.43 Å². The number of aromatic nitrogens is 1. The number of aromatic hydroxyl groups is 1. The smallest absolute Gasteiger partial charge is 0.274 e. The van der Waals surface area contributed by atoms with Gasteiger partial charge < -0.3 is 29.9 Å². The van der Waals surface area contributed by atoms with Crippen molar-refractivity contribution in [2.24, 2.45) is 0 Å². The van der Waals surface area contributed by atoms with E-state index in [4.69, 9.17) is 4.74 Å². The number of carbonyl (C=O) groups is 2. The number of carbonyl (C=O) groups excluding carboxylic acids is 2. The molecule has 1 aliphatic rings. The Kier molecular flexibility index (Phi) is 8.00. The molecule has 11 heteroatoms. The minimum absolute atomic E-state index is 0.0295. The first kappa shape index (κ1) is 25.3. The van der Waals surface area contributed by atoms with Crippen LogP contribution in [-0.2, 0) is 17.8 Å². The number of benzene rings is 1. The van der Waals surface area contributed by atoms with E-state index < -0.39 is 40.7 Å². The normalized spacial score (nSPS) is 14.7. The SMILES string of the molecule is CCN(C)C(=O)c1c(O)c(=O)c(C(=O)NCc2ccc(F)cc2F)c2n1CCC2NCCOC. The molecule has 0 spiro atoms. The number of halogens is 2. The fraction of sp³-hybridized carbons (Fsp3) is 0.435. The Morgan fingerprint density at radius 3 is 2.71 bits per heavy atom. The maximum atomic E-state index is 14.0. The highest BCUT2D eigenvalue weighted by Gasteiger charge is 2.36. The summed E-state index contributed by atoms with van der Waals surface area (Å²) in [5, 5.41) is 16.3. The van der Waals surface area contributed by atoms with Crippen LogP contribution in [-0.4, -0.2) is 60.2 Å². The van der Waals surface area contributed by atoms with Crippen LogP contribution in [0.15, 0.2) is 23.0 Å². The summed E-state index contributed by atoms with van der Waals surface area (Å²) in [4.78, 5) is 40.5. The van der Waals surface area contributed by atoms with E-state index in [1.807, 2.05) is 0 Å². The summed E-state index contributed by atoms with van der Waals surface area (Å²) in [7, 11) is 3.08. The van der Waals surface area contributed by atoms with Crippen molar-refractivity contribution >= 4 is 11.8 Å². The molecule has 1 unspecified atom stereocenters. The van der Waals surface area contributed by atoms with Crippen LogP contribution in [0, 0.1) is 11.6 Å². The molecule has 1 aliphatic heterocycles. The summed E-state index contributed by atoms with van der Waals surface area (Å²) in [5.41, 5.74) is -1.20. The molecule has 34 heavy (non-hydrogen) atoms. The van der Waals surface area contributed by atoms with Gasteiger partial charge in [0.1, 0.15) is 17.2 Å². The first-order chi connectivity index (χ1) is 16.2. The molecule has 0 aliphatic carbocycles. The fourth-order valence-corrected chi connectivity index (χ4v) is 3.94. The van der Waals surface area contributed by atoms with E-state index in [1.165, 1.54) is 22.6 Å². The predicted molar refractivity (Wildman–Crippen MR) is 120 cm³/mol. The van der Waals surface area contributed by atoms with Crippen LogP contribution in [0.25, 0.3) is 0 Å². The second-order valence-electron chi connectivity index (χ2n) is 7.96. The Balaban J connectivity index is 2.04. The number of rotatable bonds is 9. The number of pyridine rings is 1. The van der Waals surface area contributed by atoms with Gasteiger partial charge in [-0.15, -0.1) is 0 Å². The lowest BCUT2D eigenvalue weighted by molar-refractivity contribution is 0.0785. The van der Waals surface area contributed by atoms with Crippen LogP contribution in [0.3, 0.4) is 0 Å². The summed E-state index contributed by atoms with van der Waals surface area (Å²) in [6.45, 7) is 2.90. The van der Waals surface area contributed by atoms with Crippen LogP contribution in [0.4, 0.5) is 8.78 Å². The van der Waals surface area contributed by atoms with Gasteiger partial charge in [0.25, 0.3) is 11.8 Å². The molecule has 2 aromatic rings. The minimum Gasteiger partial charge on any atom is -0.503 e. The van der Waals surface area contributed by atoms with Crippen molar-refractivity contribution in [3.8, 4) is 5.75 Å². The second kappa shape index (κ2) is 10.7. The predicted octanol–water partition coefficient (Wildman–Crippen LogP) is 1.53. The van der Waals surface area contributed by atoms with Gasteiger partial charge in [-0.2, -0.15) is 0 Å². The zero-order valence-corrected chi connectivity index (χ0v) is 19.3. The number of nitrogens with one attached hydrogen (secondary N) is 2. The molecule has 1 aromatic carbocycles. The van der Waals surface area contributed by atoms with Crippen molar-refractivity contribution < 1.29 is 28.2 Å². The molecular weight excluding hydrogens is 450 g/mol. The minimum atomic E-state index is -0.989. The van der Waals surface area contributed by atoms with Crippen LogP contribution in [0.1, 0.15) is 51.5 Å². The van der Waals surface area contributed by atoms with Gasteiger partial charge in [0.15, 0.2) is 11.4 Å². The number of methoxy groups -OCH3 is 1. The van der Waals surface area contributed by atoms with Gasteiger partial charge in [-0.3, -0.25) is 14.4 Å². The van der Waals surface area contributed by atoms with Crippen molar-refractivity contribution in [2.75, 3.05) is 33.9 Å². The van der Waals surface area contributed by atoms with Crippen LogP contribution in [0.5, 0.6) is 5.75 Å². The highest BCUT2D eigenvalue weighted by molar-refractivity contribution is 5.99. The van der Waals surface area contributed by atoms with Gasteiger partial charge in [-0.25, -0.2) is 8.78 Å². The molecule has 2 heterocycles. The first-order valence-corrected chi connectivity index (χ1v) is 10.9. The third kappa shape index (κ3) is 4.95. The summed E-state index contributed by atoms with van der Waals surface area (Å²) >= 11 is 0. The van der Waals surface area contributed by atoms with E-state index in [0.717, 1.165) is 6.07 Å². The molecular formula is C23H28F2N4O5. The summed E-state index contributed by atoms with van der Waals surface area (Å²) < 4.78 is 33.7. The largest absolute Gasteiger partial charge is 0.503 e. The number of ether oxygens (including phenoxy) is 1. The van der Waals surface area contributed by atoms with Crippen LogP contribution < -0.4 is 16.1 Å². The Morgan fingerprint density at radius 1 is 1.32 bits per heavy atom. The third-order valence-electron chi connectivity index (χ3n) is 5.86. The summed E-state index contributed by atoms with van der Waals surface area (Å²) in [6.07, 6.45) is 0.468. The van der Waals surface area contributed by atoms with Gasteiger partial charge in [0, 0.05) is 52.0 Å². The van der Waals surface area contributed by atoms with E-state index in [9.17, 15) is 28.3 Å². The molecule has 3 N–H and O–H groups in total. The lowest BCUT2D eigenvalue weighted by atomic mass is 10.0. The zero-order valence-electron chi connectivity index (χ0n) is 19.3. The van der Waals surface area contributed by atoms with Gasteiger partial charge >= 0.3 is 0 Å². The molecule has 0 bridgehead atoms. The first-order valence-electron chi connectivity index (χ1n) is 10.9. The van der Waals surface area contributed by atoms with Gasteiger partial charge in [-0.05, 0) is 19.4 Å². The number of fused-ring (bicyclic) bond motifs is 1. The lowest BCUT2D eigenvalue weighted by Gasteiger charge is -2.22. The number of hydrogen-bond donors (Lipinski definition) is 3. The number of nitrogens with zero attached hydrogens (tertiary/aromatic N) is 2. The quantitative estimate of drug-likeness (QED) is 0.472. The van der Waals surface area contributed by atoms with E-state index in [1.54, 1.807) is 14.0 Å². The fourth-order valence-electron chi connectivity index (χ4n) is 3.94. The molecule has 2 amide bonds. The maximum absolute atomic E-state index is 14.0. The van der Waals surface area contributed by atoms with E-state index in [-0.39, 0.29) is 29.1 Å². The van der Waals surface area contributed by atoms with Crippen molar-refractivity contribution in [1.29, 1.82) is 0 Å². The van der Waals surface area contributed by atoms with Gasteiger partial charge in [0.05, 0.1) is 18.3 Å². The molecule has 0 fully saturated rings. The monoisotopic (exact) mass is 478 g/mol. The van der Waals surface area contributed by atoms with E-state index in [0.29, 0.717) is 38.7 Å². The van der Waals surface area contributed by atoms with Crippen LogP contribution >= 0.6 is 0 Å². The summed E-state index contributed by atoms with van der Waals surface area (Å²) in [5.74, 6) is -3.79. The third-order valence-corrected chi connectivity index (χ3v) is 5.86. The Bertz CT molecular complexity index is 1150. The van der Waals surface area contributed by atoms with E-state index in [2.05, 4.69) is 10.6 Å².